The molecule has 0 aliphatic rings. The predicted octanol–water partition coefficient (Wildman–Crippen LogP) is 2.76. The first-order valence-electron chi connectivity index (χ1n) is 7.09. The highest BCUT2D eigenvalue weighted by molar-refractivity contribution is 5.91. The Labute approximate surface area is 128 Å². The molecule has 0 unspecified atom stereocenters. The van der Waals surface area contributed by atoms with Crippen LogP contribution in [-0.2, 0) is 13.1 Å². The number of amides is 1. The van der Waals surface area contributed by atoms with Crippen LogP contribution in [0.3, 0.4) is 0 Å². The Balaban J connectivity index is 1.56. The third-order valence-electron chi connectivity index (χ3n) is 3.36. The second kappa shape index (κ2) is 6.30. The van der Waals surface area contributed by atoms with E-state index in [0.717, 1.165) is 17.9 Å². The zero-order valence-electron chi connectivity index (χ0n) is 12.3. The quantitative estimate of drug-likeness (QED) is 0.787. The van der Waals surface area contributed by atoms with Gasteiger partial charge in [0.25, 0.3) is 5.91 Å². The topological polar surface area (TPSA) is 60.1 Å². The minimum Gasteiger partial charge on any atom is -0.456 e. The van der Waals surface area contributed by atoms with E-state index in [-0.39, 0.29) is 5.91 Å². The zero-order valence-corrected chi connectivity index (χ0v) is 12.3. The average molecular weight is 295 g/mol. The number of nitrogens with one attached hydrogen (secondary N) is 1. The van der Waals surface area contributed by atoms with Gasteiger partial charge in [-0.05, 0) is 30.2 Å². The summed E-state index contributed by atoms with van der Waals surface area (Å²) >= 11 is 0. The predicted molar refractivity (Wildman–Crippen MR) is 82.4 cm³/mol. The molecule has 0 spiro atoms. The SMILES string of the molecule is Cc1ccc(C(=O)NCc2ccc(Cn3ccnc3)cc2)o1. The van der Waals surface area contributed by atoms with Gasteiger partial charge in [0, 0.05) is 25.5 Å². The maximum absolute atomic E-state index is 11.9. The molecule has 2 heterocycles. The van der Waals surface area contributed by atoms with Crippen LogP contribution in [0.1, 0.15) is 27.4 Å². The summed E-state index contributed by atoms with van der Waals surface area (Å²) < 4.78 is 7.30. The van der Waals surface area contributed by atoms with E-state index in [4.69, 9.17) is 4.42 Å². The first-order valence-corrected chi connectivity index (χ1v) is 7.09. The van der Waals surface area contributed by atoms with Gasteiger partial charge < -0.3 is 14.3 Å². The molecule has 1 N–H and O–H groups in total. The number of nitrogens with zero attached hydrogens (tertiary/aromatic N) is 2. The van der Waals surface area contributed by atoms with Gasteiger partial charge in [-0.25, -0.2) is 4.98 Å². The number of hydrogen-bond donors (Lipinski definition) is 1. The summed E-state index contributed by atoms with van der Waals surface area (Å²) in [7, 11) is 0. The van der Waals surface area contributed by atoms with Crippen molar-refractivity contribution >= 4 is 5.91 Å². The van der Waals surface area contributed by atoms with Gasteiger partial charge in [0.05, 0.1) is 6.33 Å². The molecule has 0 atom stereocenters. The Morgan fingerprint density at radius 3 is 2.59 bits per heavy atom. The number of aryl methyl sites for hydroxylation is 1. The van der Waals surface area contributed by atoms with Crippen molar-refractivity contribution in [3.8, 4) is 0 Å². The van der Waals surface area contributed by atoms with Crippen LogP contribution in [0.5, 0.6) is 0 Å². The van der Waals surface area contributed by atoms with Crippen LogP contribution in [0.2, 0.25) is 0 Å². The van der Waals surface area contributed by atoms with Crippen LogP contribution in [0.15, 0.2) is 59.5 Å². The van der Waals surface area contributed by atoms with E-state index in [1.807, 2.05) is 29.8 Å². The van der Waals surface area contributed by atoms with Gasteiger partial charge in [-0.1, -0.05) is 24.3 Å². The standard InChI is InChI=1S/C17H17N3O2/c1-13-2-7-16(22-13)17(21)19-10-14-3-5-15(6-4-14)11-20-9-8-18-12-20/h2-9,12H,10-11H2,1H3,(H,19,21). The Morgan fingerprint density at radius 1 is 1.18 bits per heavy atom. The molecule has 0 bridgehead atoms. The number of carbonyl (C=O) groups is 1. The maximum Gasteiger partial charge on any atom is 0.287 e. The molecule has 3 aromatic rings. The minimum atomic E-state index is -0.199. The molecular weight excluding hydrogens is 278 g/mol. The van der Waals surface area contributed by atoms with Crippen LogP contribution < -0.4 is 5.32 Å². The van der Waals surface area contributed by atoms with Gasteiger partial charge in [0.15, 0.2) is 5.76 Å². The molecule has 0 saturated carbocycles. The second-order valence-corrected chi connectivity index (χ2v) is 5.14. The Bertz CT molecular complexity index is 743. The first kappa shape index (κ1) is 14.1. The summed E-state index contributed by atoms with van der Waals surface area (Å²) in [6.07, 6.45) is 5.49. The van der Waals surface area contributed by atoms with Crippen LogP contribution in [0.4, 0.5) is 0 Å². The van der Waals surface area contributed by atoms with Crippen LogP contribution in [0, 0.1) is 6.92 Å². The maximum atomic E-state index is 11.9. The summed E-state index contributed by atoms with van der Waals surface area (Å²) in [5.41, 5.74) is 2.24. The lowest BCUT2D eigenvalue weighted by Crippen LogP contribution is -2.22. The molecule has 0 saturated heterocycles. The average Bonchev–Trinajstić information content (AvgIpc) is 3.18. The van der Waals surface area contributed by atoms with E-state index in [1.54, 1.807) is 24.7 Å². The van der Waals surface area contributed by atoms with E-state index < -0.39 is 0 Å². The van der Waals surface area contributed by atoms with Crippen molar-refractivity contribution in [1.29, 1.82) is 0 Å². The number of hydrogen-bond acceptors (Lipinski definition) is 3. The Hall–Kier alpha value is -2.82. The fourth-order valence-corrected chi connectivity index (χ4v) is 2.18. The smallest absolute Gasteiger partial charge is 0.287 e. The molecule has 22 heavy (non-hydrogen) atoms. The van der Waals surface area contributed by atoms with E-state index in [0.29, 0.717) is 12.3 Å². The lowest BCUT2D eigenvalue weighted by molar-refractivity contribution is 0.0922. The van der Waals surface area contributed by atoms with Crippen LogP contribution in [0.25, 0.3) is 0 Å². The molecule has 3 rings (SSSR count). The minimum absolute atomic E-state index is 0.199. The third kappa shape index (κ3) is 3.44. The summed E-state index contributed by atoms with van der Waals surface area (Å²) in [5, 5.41) is 2.85. The van der Waals surface area contributed by atoms with Crippen LogP contribution in [-0.4, -0.2) is 15.5 Å². The van der Waals surface area contributed by atoms with Crippen molar-refractivity contribution in [2.24, 2.45) is 0 Å². The van der Waals surface area contributed by atoms with Crippen LogP contribution >= 0.6 is 0 Å². The molecule has 0 radical (unpaired) electrons. The number of imidazole rings is 1. The van der Waals surface area contributed by atoms with Crippen molar-refractivity contribution < 1.29 is 9.21 Å². The zero-order chi connectivity index (χ0) is 15.4. The molecule has 112 valence electrons. The molecule has 5 heteroatoms. The van der Waals surface area contributed by atoms with Gasteiger partial charge >= 0.3 is 0 Å². The third-order valence-corrected chi connectivity index (χ3v) is 3.36. The monoisotopic (exact) mass is 295 g/mol. The normalized spacial score (nSPS) is 10.6. The highest BCUT2D eigenvalue weighted by atomic mass is 16.3. The molecule has 0 fully saturated rings. The Morgan fingerprint density at radius 2 is 1.95 bits per heavy atom. The summed E-state index contributed by atoms with van der Waals surface area (Å²) in [6.45, 7) is 3.08. The fraction of sp³-hybridized carbons (Fsp3) is 0.176. The molecule has 0 aliphatic heterocycles. The number of carbonyl (C=O) groups excluding carboxylic acids is 1. The van der Waals surface area contributed by atoms with Crippen molar-refractivity contribution in [3.63, 3.8) is 0 Å². The number of aromatic nitrogens is 2. The second-order valence-electron chi connectivity index (χ2n) is 5.14. The first-order chi connectivity index (χ1) is 10.7. The number of rotatable bonds is 5. The van der Waals surface area contributed by atoms with Crippen molar-refractivity contribution in [1.82, 2.24) is 14.9 Å². The molecular formula is C17H17N3O2. The highest BCUT2D eigenvalue weighted by Crippen LogP contribution is 2.08. The highest BCUT2D eigenvalue weighted by Gasteiger charge is 2.09. The number of furan rings is 1. The molecule has 0 aliphatic carbocycles. The molecule has 5 nitrogen and oxygen atoms in total. The summed E-state index contributed by atoms with van der Waals surface area (Å²) in [4.78, 5) is 15.9. The van der Waals surface area contributed by atoms with Gasteiger partial charge in [0.1, 0.15) is 5.76 Å². The Kier molecular flexibility index (Phi) is 4.05. The fourth-order valence-electron chi connectivity index (χ4n) is 2.18. The molecule has 2 aromatic heterocycles. The lowest BCUT2D eigenvalue weighted by atomic mass is 10.1. The van der Waals surface area contributed by atoms with E-state index >= 15 is 0 Å². The summed E-state index contributed by atoms with van der Waals surface area (Å²) in [6, 6.07) is 11.6. The van der Waals surface area contributed by atoms with E-state index in [1.165, 1.54) is 5.56 Å². The molecule has 1 amide bonds. The largest absolute Gasteiger partial charge is 0.456 e. The van der Waals surface area contributed by atoms with Gasteiger partial charge in [-0.15, -0.1) is 0 Å². The van der Waals surface area contributed by atoms with Crippen molar-refractivity contribution in [3.05, 3.63) is 77.8 Å². The lowest BCUT2D eigenvalue weighted by Gasteiger charge is -2.06. The van der Waals surface area contributed by atoms with Gasteiger partial charge in [-0.3, -0.25) is 4.79 Å². The number of benzene rings is 1. The molecule has 1 aromatic carbocycles. The van der Waals surface area contributed by atoms with Gasteiger partial charge in [0.2, 0.25) is 0 Å². The summed E-state index contributed by atoms with van der Waals surface area (Å²) in [5.74, 6) is 0.874. The van der Waals surface area contributed by atoms with Gasteiger partial charge in [-0.2, -0.15) is 0 Å². The van der Waals surface area contributed by atoms with E-state index in [2.05, 4.69) is 22.4 Å². The van der Waals surface area contributed by atoms with E-state index in [9.17, 15) is 4.79 Å². The van der Waals surface area contributed by atoms with Crippen molar-refractivity contribution in [2.75, 3.05) is 0 Å². The van der Waals surface area contributed by atoms with Crippen molar-refractivity contribution in [2.45, 2.75) is 20.0 Å².